The summed E-state index contributed by atoms with van der Waals surface area (Å²) in [5.74, 6) is -0.927. The summed E-state index contributed by atoms with van der Waals surface area (Å²) in [6.45, 7) is 0. The average Bonchev–Trinajstić information content (AvgIpc) is 2.39. The van der Waals surface area contributed by atoms with Gasteiger partial charge >= 0.3 is 5.97 Å². The third kappa shape index (κ3) is 1.28. The SMILES string of the molecule is O=C(O)c1c(I)[nH]c2ncccc12. The minimum absolute atomic E-state index is 0.295. The second-order valence-electron chi connectivity index (χ2n) is 2.52. The van der Waals surface area contributed by atoms with Gasteiger partial charge in [-0.3, -0.25) is 0 Å². The number of hydrogen-bond acceptors (Lipinski definition) is 2. The van der Waals surface area contributed by atoms with E-state index >= 15 is 0 Å². The van der Waals surface area contributed by atoms with Crippen LogP contribution < -0.4 is 0 Å². The number of aromatic nitrogens is 2. The van der Waals surface area contributed by atoms with Gasteiger partial charge in [0.25, 0.3) is 0 Å². The van der Waals surface area contributed by atoms with Crippen LogP contribution in [0.25, 0.3) is 11.0 Å². The minimum Gasteiger partial charge on any atom is -0.478 e. The van der Waals surface area contributed by atoms with Crippen LogP contribution in [0.2, 0.25) is 0 Å². The predicted octanol–water partition coefficient (Wildman–Crippen LogP) is 1.87. The van der Waals surface area contributed by atoms with Crippen molar-refractivity contribution in [2.75, 3.05) is 0 Å². The summed E-state index contributed by atoms with van der Waals surface area (Å²) in [5, 5.41) is 9.55. The molecule has 0 aliphatic rings. The Bertz CT molecular complexity index is 478. The summed E-state index contributed by atoms with van der Waals surface area (Å²) in [6, 6.07) is 3.46. The van der Waals surface area contributed by atoms with Gasteiger partial charge in [0.15, 0.2) is 0 Å². The molecule has 0 saturated heterocycles. The van der Waals surface area contributed by atoms with Gasteiger partial charge in [0.2, 0.25) is 0 Å². The lowest BCUT2D eigenvalue weighted by atomic mass is 10.2. The zero-order valence-corrected chi connectivity index (χ0v) is 8.57. The van der Waals surface area contributed by atoms with Crippen molar-refractivity contribution in [2.45, 2.75) is 0 Å². The van der Waals surface area contributed by atoms with Crippen molar-refractivity contribution in [2.24, 2.45) is 0 Å². The van der Waals surface area contributed by atoms with E-state index in [1.807, 2.05) is 22.6 Å². The van der Waals surface area contributed by atoms with E-state index in [0.717, 1.165) is 0 Å². The van der Waals surface area contributed by atoms with Crippen LogP contribution in [0.1, 0.15) is 10.4 Å². The molecule has 0 saturated carbocycles. The third-order valence-electron chi connectivity index (χ3n) is 1.74. The number of nitrogens with zero attached hydrogens (tertiary/aromatic N) is 1. The highest BCUT2D eigenvalue weighted by molar-refractivity contribution is 14.1. The van der Waals surface area contributed by atoms with Crippen molar-refractivity contribution >= 4 is 39.6 Å². The summed E-state index contributed by atoms with van der Waals surface area (Å²) < 4.78 is 0.610. The Balaban J connectivity index is 2.86. The standard InChI is InChI=1S/C8H5IN2O2/c9-6-5(8(12)13)4-2-1-3-10-7(4)11-6/h1-3H,(H,10,11)(H,12,13). The van der Waals surface area contributed by atoms with E-state index in [4.69, 9.17) is 5.11 Å². The van der Waals surface area contributed by atoms with E-state index in [2.05, 4.69) is 9.97 Å². The molecule has 2 heterocycles. The highest BCUT2D eigenvalue weighted by Crippen LogP contribution is 2.21. The summed E-state index contributed by atoms with van der Waals surface area (Å²) >= 11 is 1.95. The van der Waals surface area contributed by atoms with Gasteiger partial charge in [0.05, 0.1) is 3.70 Å². The molecule has 13 heavy (non-hydrogen) atoms. The second-order valence-corrected chi connectivity index (χ2v) is 3.60. The summed E-state index contributed by atoms with van der Waals surface area (Å²) in [4.78, 5) is 17.8. The number of carboxylic acids is 1. The number of H-pyrrole nitrogens is 1. The normalized spacial score (nSPS) is 10.5. The fraction of sp³-hybridized carbons (Fsp3) is 0. The first kappa shape index (κ1) is 8.49. The fourth-order valence-corrected chi connectivity index (χ4v) is 1.98. The lowest BCUT2D eigenvalue weighted by Crippen LogP contribution is -1.96. The van der Waals surface area contributed by atoms with Crippen molar-refractivity contribution < 1.29 is 9.90 Å². The number of aromatic amines is 1. The Labute approximate surface area is 87.1 Å². The van der Waals surface area contributed by atoms with Gasteiger partial charge in [-0.15, -0.1) is 0 Å². The van der Waals surface area contributed by atoms with E-state index < -0.39 is 5.97 Å². The van der Waals surface area contributed by atoms with E-state index in [0.29, 0.717) is 20.3 Å². The molecule has 0 bridgehead atoms. The minimum atomic E-state index is -0.927. The molecule has 66 valence electrons. The van der Waals surface area contributed by atoms with Gasteiger partial charge < -0.3 is 10.1 Å². The molecule has 0 fully saturated rings. The lowest BCUT2D eigenvalue weighted by molar-refractivity contribution is 0.0698. The number of carboxylic acid groups (broad SMARTS) is 1. The number of nitrogens with one attached hydrogen (secondary N) is 1. The molecule has 0 amide bonds. The van der Waals surface area contributed by atoms with Crippen molar-refractivity contribution in [3.63, 3.8) is 0 Å². The maximum atomic E-state index is 10.8. The molecule has 0 atom stereocenters. The van der Waals surface area contributed by atoms with Crippen LogP contribution in [-0.2, 0) is 0 Å². The number of rotatable bonds is 1. The molecule has 0 aromatic carbocycles. The average molecular weight is 288 g/mol. The van der Waals surface area contributed by atoms with Crippen molar-refractivity contribution in [3.8, 4) is 0 Å². The van der Waals surface area contributed by atoms with E-state index in [-0.39, 0.29) is 0 Å². The number of aromatic carboxylic acids is 1. The number of carbonyl (C=O) groups is 1. The summed E-state index contributed by atoms with van der Waals surface area (Å²) in [5.41, 5.74) is 0.910. The molecule has 4 nitrogen and oxygen atoms in total. The summed E-state index contributed by atoms with van der Waals surface area (Å²) in [6.07, 6.45) is 1.63. The molecule has 2 aromatic heterocycles. The second kappa shape index (κ2) is 2.99. The molecule has 0 aliphatic carbocycles. The van der Waals surface area contributed by atoms with Gasteiger partial charge in [-0.2, -0.15) is 0 Å². The predicted molar refractivity (Wildman–Crippen MR) is 55.8 cm³/mol. The maximum absolute atomic E-state index is 10.8. The zero-order valence-electron chi connectivity index (χ0n) is 6.41. The van der Waals surface area contributed by atoms with E-state index in [9.17, 15) is 4.79 Å². The Kier molecular flexibility index (Phi) is 1.95. The van der Waals surface area contributed by atoms with Crippen LogP contribution in [0.5, 0.6) is 0 Å². The Morgan fingerprint density at radius 3 is 3.08 bits per heavy atom. The van der Waals surface area contributed by atoms with Gasteiger partial charge in [-0.05, 0) is 34.7 Å². The van der Waals surface area contributed by atoms with Crippen LogP contribution >= 0.6 is 22.6 Å². The van der Waals surface area contributed by atoms with Crippen LogP contribution in [0, 0.1) is 3.70 Å². The maximum Gasteiger partial charge on any atom is 0.339 e. The topological polar surface area (TPSA) is 66.0 Å². The van der Waals surface area contributed by atoms with Crippen LogP contribution in [-0.4, -0.2) is 21.0 Å². The Hall–Kier alpha value is -1.11. The van der Waals surface area contributed by atoms with Crippen molar-refractivity contribution in [3.05, 3.63) is 27.6 Å². The first-order chi connectivity index (χ1) is 6.20. The fourth-order valence-electron chi connectivity index (χ4n) is 1.20. The molecule has 0 unspecified atom stereocenters. The lowest BCUT2D eigenvalue weighted by Gasteiger charge is -1.90. The largest absolute Gasteiger partial charge is 0.478 e. The van der Waals surface area contributed by atoms with Crippen LogP contribution in [0.15, 0.2) is 18.3 Å². The molecule has 2 N–H and O–H groups in total. The molecular weight excluding hydrogens is 283 g/mol. The Morgan fingerprint density at radius 2 is 2.38 bits per heavy atom. The molecule has 0 spiro atoms. The monoisotopic (exact) mass is 288 g/mol. The smallest absolute Gasteiger partial charge is 0.339 e. The van der Waals surface area contributed by atoms with Crippen molar-refractivity contribution in [1.29, 1.82) is 0 Å². The zero-order chi connectivity index (χ0) is 9.42. The van der Waals surface area contributed by atoms with Gasteiger partial charge in [-0.1, -0.05) is 0 Å². The van der Waals surface area contributed by atoms with Crippen molar-refractivity contribution in [1.82, 2.24) is 9.97 Å². The highest BCUT2D eigenvalue weighted by atomic mass is 127. The number of hydrogen-bond donors (Lipinski definition) is 2. The van der Waals surface area contributed by atoms with Gasteiger partial charge in [0.1, 0.15) is 11.2 Å². The number of halogens is 1. The highest BCUT2D eigenvalue weighted by Gasteiger charge is 2.15. The van der Waals surface area contributed by atoms with Gasteiger partial charge in [0, 0.05) is 11.6 Å². The third-order valence-corrected chi connectivity index (χ3v) is 2.55. The summed E-state index contributed by atoms with van der Waals surface area (Å²) in [7, 11) is 0. The van der Waals surface area contributed by atoms with E-state index in [1.165, 1.54) is 0 Å². The van der Waals surface area contributed by atoms with Gasteiger partial charge in [-0.25, -0.2) is 9.78 Å². The van der Waals surface area contributed by atoms with Crippen LogP contribution in [0.3, 0.4) is 0 Å². The first-order valence-electron chi connectivity index (χ1n) is 3.55. The van der Waals surface area contributed by atoms with E-state index in [1.54, 1.807) is 18.3 Å². The molecular formula is C8H5IN2O2. The molecule has 0 aliphatic heterocycles. The van der Waals surface area contributed by atoms with Crippen LogP contribution in [0.4, 0.5) is 0 Å². The molecule has 0 radical (unpaired) electrons. The first-order valence-corrected chi connectivity index (χ1v) is 4.63. The molecule has 2 aromatic rings. The molecule has 5 heteroatoms. The molecule has 2 rings (SSSR count). The number of fused-ring (bicyclic) bond motifs is 1. The number of pyridine rings is 1. The quantitative estimate of drug-likeness (QED) is 0.787. The Morgan fingerprint density at radius 1 is 1.62 bits per heavy atom.